The summed E-state index contributed by atoms with van der Waals surface area (Å²) in [4.78, 5) is 5.72. The number of rotatable bonds is 6. The third-order valence-corrected chi connectivity index (χ3v) is 5.12. The summed E-state index contributed by atoms with van der Waals surface area (Å²) in [5.74, 6) is 0.851. The lowest BCUT2D eigenvalue weighted by atomic mass is 10.1. The van der Waals surface area contributed by atoms with Crippen LogP contribution >= 0.6 is 34.5 Å². The molecule has 3 aromatic rings. The van der Waals surface area contributed by atoms with E-state index in [-0.39, 0.29) is 0 Å². The number of hydrazone groups is 1. The van der Waals surface area contributed by atoms with Gasteiger partial charge in [0.1, 0.15) is 5.75 Å². The van der Waals surface area contributed by atoms with Crippen LogP contribution in [0.15, 0.2) is 47.6 Å². The summed E-state index contributed by atoms with van der Waals surface area (Å²) in [5, 5.41) is 6.00. The van der Waals surface area contributed by atoms with Crippen molar-refractivity contribution >= 4 is 45.9 Å². The van der Waals surface area contributed by atoms with Gasteiger partial charge < -0.3 is 4.74 Å². The Balaban J connectivity index is 1.75. The molecule has 1 heterocycles. The number of halogens is 2. The average molecular weight is 406 g/mol. The fourth-order valence-corrected chi connectivity index (χ4v) is 3.65. The Bertz CT molecular complexity index is 903. The van der Waals surface area contributed by atoms with Gasteiger partial charge in [-0.15, -0.1) is 11.3 Å². The van der Waals surface area contributed by atoms with Crippen LogP contribution in [0.5, 0.6) is 5.75 Å². The van der Waals surface area contributed by atoms with Gasteiger partial charge in [0, 0.05) is 16.0 Å². The van der Waals surface area contributed by atoms with Crippen molar-refractivity contribution in [1.82, 2.24) is 4.98 Å². The molecule has 2 aromatic carbocycles. The zero-order valence-corrected chi connectivity index (χ0v) is 16.6. The summed E-state index contributed by atoms with van der Waals surface area (Å²) >= 11 is 13.8. The van der Waals surface area contributed by atoms with Crippen molar-refractivity contribution in [3.63, 3.8) is 0 Å². The van der Waals surface area contributed by atoms with E-state index in [4.69, 9.17) is 27.9 Å². The molecule has 0 amide bonds. The van der Waals surface area contributed by atoms with E-state index in [9.17, 15) is 0 Å². The molecule has 134 valence electrons. The van der Waals surface area contributed by atoms with E-state index in [1.807, 2.05) is 38.1 Å². The molecule has 7 heteroatoms. The predicted molar refractivity (Wildman–Crippen MR) is 111 cm³/mol. The van der Waals surface area contributed by atoms with Crippen LogP contribution < -0.4 is 10.2 Å². The van der Waals surface area contributed by atoms with Crippen LogP contribution in [0.1, 0.15) is 17.4 Å². The number of thiazole rings is 1. The molecule has 1 N–H and O–H groups in total. The van der Waals surface area contributed by atoms with E-state index >= 15 is 0 Å². The number of hydrogen-bond acceptors (Lipinski definition) is 5. The third-order valence-electron chi connectivity index (χ3n) is 3.59. The van der Waals surface area contributed by atoms with Crippen LogP contribution in [0.4, 0.5) is 5.13 Å². The Morgan fingerprint density at radius 2 is 1.85 bits per heavy atom. The highest BCUT2D eigenvalue weighted by molar-refractivity contribution is 7.16. The van der Waals surface area contributed by atoms with Gasteiger partial charge in [0.05, 0.1) is 28.6 Å². The standard InChI is InChI=1S/C19H17Cl2N3OS/c1-3-25-14-9-7-13(8-10-14)18-12(2)26-19(23-18)24-22-11-15-16(20)5-4-6-17(15)21/h4-11H,3H2,1-2H3,(H,23,24)/b22-11+. The Hall–Kier alpha value is -2.08. The number of anilines is 1. The maximum absolute atomic E-state index is 6.13. The minimum atomic E-state index is 0.549. The number of benzene rings is 2. The third kappa shape index (κ3) is 4.36. The molecule has 0 unspecified atom stereocenters. The second-order valence-corrected chi connectivity index (χ2v) is 7.40. The van der Waals surface area contributed by atoms with Crippen LogP contribution in [0.3, 0.4) is 0 Å². The van der Waals surface area contributed by atoms with Crippen molar-refractivity contribution in [3.05, 3.63) is 63.0 Å². The van der Waals surface area contributed by atoms with Crippen molar-refractivity contribution < 1.29 is 4.74 Å². The minimum Gasteiger partial charge on any atom is -0.494 e. The molecule has 0 aliphatic rings. The Morgan fingerprint density at radius 3 is 2.50 bits per heavy atom. The minimum absolute atomic E-state index is 0.549. The zero-order chi connectivity index (χ0) is 18.5. The van der Waals surface area contributed by atoms with Gasteiger partial charge in [-0.2, -0.15) is 5.10 Å². The molecule has 0 radical (unpaired) electrons. The van der Waals surface area contributed by atoms with Gasteiger partial charge >= 0.3 is 0 Å². The monoisotopic (exact) mass is 405 g/mol. The number of aryl methyl sites for hydroxylation is 1. The van der Waals surface area contributed by atoms with E-state index in [0.29, 0.717) is 27.3 Å². The fourth-order valence-electron chi connectivity index (χ4n) is 2.37. The summed E-state index contributed by atoms with van der Waals surface area (Å²) in [7, 11) is 0. The van der Waals surface area contributed by atoms with Gasteiger partial charge in [-0.05, 0) is 50.2 Å². The quantitative estimate of drug-likeness (QED) is 0.388. The highest BCUT2D eigenvalue weighted by Crippen LogP contribution is 2.31. The maximum atomic E-state index is 6.13. The van der Waals surface area contributed by atoms with Gasteiger partial charge in [0.25, 0.3) is 0 Å². The molecule has 0 spiro atoms. The van der Waals surface area contributed by atoms with Crippen LogP contribution in [-0.2, 0) is 0 Å². The second-order valence-electron chi connectivity index (χ2n) is 5.39. The lowest BCUT2D eigenvalue weighted by molar-refractivity contribution is 0.340. The molecule has 1 aromatic heterocycles. The molecular formula is C19H17Cl2N3OS. The number of nitrogens with zero attached hydrogens (tertiary/aromatic N) is 2. The Morgan fingerprint density at radius 1 is 1.15 bits per heavy atom. The summed E-state index contributed by atoms with van der Waals surface area (Å²) < 4.78 is 5.48. The van der Waals surface area contributed by atoms with E-state index in [0.717, 1.165) is 21.9 Å². The summed E-state index contributed by atoms with van der Waals surface area (Å²) in [5.41, 5.74) is 5.57. The van der Waals surface area contributed by atoms with Crippen molar-refractivity contribution in [1.29, 1.82) is 0 Å². The van der Waals surface area contributed by atoms with Crippen molar-refractivity contribution in [2.45, 2.75) is 13.8 Å². The largest absolute Gasteiger partial charge is 0.494 e. The van der Waals surface area contributed by atoms with Gasteiger partial charge in [0.15, 0.2) is 0 Å². The molecule has 26 heavy (non-hydrogen) atoms. The van der Waals surface area contributed by atoms with E-state index in [1.54, 1.807) is 24.4 Å². The lowest BCUT2D eigenvalue weighted by Gasteiger charge is -2.03. The summed E-state index contributed by atoms with van der Waals surface area (Å²) in [6.07, 6.45) is 1.60. The van der Waals surface area contributed by atoms with Gasteiger partial charge in [0.2, 0.25) is 5.13 Å². The van der Waals surface area contributed by atoms with Crippen LogP contribution in [0.25, 0.3) is 11.3 Å². The highest BCUT2D eigenvalue weighted by atomic mass is 35.5. The van der Waals surface area contributed by atoms with Gasteiger partial charge in [-0.25, -0.2) is 4.98 Å². The smallest absolute Gasteiger partial charge is 0.204 e. The first-order chi connectivity index (χ1) is 12.6. The number of aromatic nitrogens is 1. The molecule has 0 atom stereocenters. The first-order valence-electron chi connectivity index (χ1n) is 8.02. The molecule has 0 saturated heterocycles. The normalized spacial score (nSPS) is 11.1. The molecule has 0 fully saturated rings. The van der Waals surface area contributed by atoms with Crippen molar-refractivity contribution in [2.75, 3.05) is 12.0 Å². The zero-order valence-electron chi connectivity index (χ0n) is 14.3. The topological polar surface area (TPSA) is 46.5 Å². The van der Waals surface area contributed by atoms with Crippen LogP contribution in [0.2, 0.25) is 10.0 Å². The molecular weight excluding hydrogens is 389 g/mol. The number of nitrogens with one attached hydrogen (secondary N) is 1. The SMILES string of the molecule is CCOc1ccc(-c2nc(N/N=C/c3c(Cl)cccc3Cl)sc2C)cc1. The molecule has 0 aliphatic heterocycles. The second kappa shape index (κ2) is 8.54. The van der Waals surface area contributed by atoms with Crippen LogP contribution in [0, 0.1) is 6.92 Å². The lowest BCUT2D eigenvalue weighted by Crippen LogP contribution is -1.92. The summed E-state index contributed by atoms with van der Waals surface area (Å²) in [6.45, 7) is 4.65. The molecule has 0 bridgehead atoms. The maximum Gasteiger partial charge on any atom is 0.204 e. The predicted octanol–water partition coefficient (Wildman–Crippen LogP) is 6.27. The molecule has 4 nitrogen and oxygen atoms in total. The molecule has 0 saturated carbocycles. The van der Waals surface area contributed by atoms with Gasteiger partial charge in [-0.1, -0.05) is 29.3 Å². The van der Waals surface area contributed by atoms with Gasteiger partial charge in [-0.3, -0.25) is 5.43 Å². The Labute approximate surface area is 166 Å². The number of ether oxygens (including phenoxy) is 1. The first kappa shape index (κ1) is 18.7. The Kier molecular flexibility index (Phi) is 6.14. The van der Waals surface area contributed by atoms with E-state index in [2.05, 4.69) is 15.5 Å². The van der Waals surface area contributed by atoms with E-state index in [1.165, 1.54) is 11.3 Å². The fraction of sp³-hybridized carbons (Fsp3) is 0.158. The summed E-state index contributed by atoms with van der Waals surface area (Å²) in [6, 6.07) is 13.2. The first-order valence-corrected chi connectivity index (χ1v) is 9.59. The molecule has 0 aliphatic carbocycles. The van der Waals surface area contributed by atoms with Crippen molar-refractivity contribution in [3.8, 4) is 17.0 Å². The molecule has 3 rings (SSSR count). The van der Waals surface area contributed by atoms with Crippen LogP contribution in [-0.4, -0.2) is 17.8 Å². The highest BCUT2D eigenvalue weighted by Gasteiger charge is 2.10. The van der Waals surface area contributed by atoms with E-state index < -0.39 is 0 Å². The van der Waals surface area contributed by atoms with Crippen molar-refractivity contribution in [2.24, 2.45) is 5.10 Å². The number of hydrogen-bond donors (Lipinski definition) is 1. The average Bonchev–Trinajstić information content (AvgIpc) is 2.99.